The van der Waals surface area contributed by atoms with E-state index in [9.17, 15) is 14.0 Å². The Morgan fingerprint density at radius 1 is 1.00 bits per heavy atom. The molecule has 0 spiro atoms. The molecule has 0 saturated carbocycles. The zero-order valence-electron chi connectivity index (χ0n) is 17.9. The first-order valence-electron chi connectivity index (χ1n) is 10.3. The lowest BCUT2D eigenvalue weighted by molar-refractivity contribution is -0.140. The van der Waals surface area contributed by atoms with Gasteiger partial charge in [0, 0.05) is 19.7 Å². The number of hydrogen-bond donors (Lipinski definition) is 1. The van der Waals surface area contributed by atoms with E-state index in [1.807, 2.05) is 44.2 Å². The van der Waals surface area contributed by atoms with Gasteiger partial charge >= 0.3 is 0 Å². The summed E-state index contributed by atoms with van der Waals surface area (Å²) in [6, 6.07) is 14.7. The molecular formula is C24H31FN2O3. The van der Waals surface area contributed by atoms with Gasteiger partial charge in [-0.3, -0.25) is 9.59 Å². The minimum absolute atomic E-state index is 0.154. The number of halogens is 1. The fraction of sp³-hybridized carbons (Fsp3) is 0.417. The van der Waals surface area contributed by atoms with Gasteiger partial charge in [0.25, 0.3) is 0 Å². The van der Waals surface area contributed by atoms with Crippen molar-refractivity contribution in [2.24, 2.45) is 0 Å². The van der Waals surface area contributed by atoms with E-state index in [-0.39, 0.29) is 36.7 Å². The van der Waals surface area contributed by atoms with Gasteiger partial charge in [-0.2, -0.15) is 0 Å². The standard InChI is InChI=1S/C24H31FN2O3/c1-18(2)30-15-7-14-26-24(29)19(3)27(17-21-10-12-22(25)13-11-21)23(28)16-20-8-5-4-6-9-20/h4-6,8-13,18-19H,7,14-17H2,1-3H3,(H,26,29)/t19-/m1/s1. The highest BCUT2D eigenvalue weighted by Gasteiger charge is 2.26. The second-order valence-corrected chi connectivity index (χ2v) is 7.55. The zero-order chi connectivity index (χ0) is 21.9. The molecule has 6 heteroatoms. The molecule has 2 amide bonds. The number of ether oxygens (including phenoxy) is 1. The van der Waals surface area contributed by atoms with E-state index in [2.05, 4.69) is 5.32 Å². The number of benzene rings is 2. The van der Waals surface area contributed by atoms with E-state index in [0.717, 1.165) is 11.1 Å². The fourth-order valence-corrected chi connectivity index (χ4v) is 2.99. The first kappa shape index (κ1) is 23.5. The first-order chi connectivity index (χ1) is 14.4. The molecule has 2 rings (SSSR count). The summed E-state index contributed by atoms with van der Waals surface area (Å²) < 4.78 is 18.7. The number of carbonyl (C=O) groups excluding carboxylic acids is 2. The monoisotopic (exact) mass is 414 g/mol. The van der Waals surface area contributed by atoms with Crippen LogP contribution in [0, 0.1) is 5.82 Å². The van der Waals surface area contributed by atoms with E-state index in [0.29, 0.717) is 19.6 Å². The molecule has 0 saturated heterocycles. The molecule has 0 heterocycles. The third kappa shape index (κ3) is 7.95. The van der Waals surface area contributed by atoms with Crippen LogP contribution in [-0.4, -0.2) is 42.0 Å². The van der Waals surface area contributed by atoms with Crippen molar-refractivity contribution < 1.29 is 18.7 Å². The molecule has 1 atom stereocenters. The quantitative estimate of drug-likeness (QED) is 0.570. The number of nitrogens with one attached hydrogen (secondary N) is 1. The first-order valence-corrected chi connectivity index (χ1v) is 10.3. The molecule has 2 aromatic carbocycles. The summed E-state index contributed by atoms with van der Waals surface area (Å²) in [4.78, 5) is 27.3. The predicted octanol–water partition coefficient (Wildman–Crippen LogP) is 3.72. The molecule has 5 nitrogen and oxygen atoms in total. The molecule has 0 fully saturated rings. The molecule has 0 aliphatic rings. The normalized spacial score (nSPS) is 11.9. The third-order valence-electron chi connectivity index (χ3n) is 4.70. The van der Waals surface area contributed by atoms with Crippen LogP contribution in [-0.2, 0) is 27.3 Å². The van der Waals surface area contributed by atoms with E-state index >= 15 is 0 Å². The number of amides is 2. The Morgan fingerprint density at radius 3 is 2.30 bits per heavy atom. The highest BCUT2D eigenvalue weighted by Crippen LogP contribution is 2.13. The van der Waals surface area contributed by atoms with Crippen LogP contribution in [0.4, 0.5) is 4.39 Å². The van der Waals surface area contributed by atoms with Crippen molar-refractivity contribution in [2.45, 2.75) is 52.3 Å². The van der Waals surface area contributed by atoms with Crippen molar-refractivity contribution in [2.75, 3.05) is 13.2 Å². The van der Waals surface area contributed by atoms with Crippen LogP contribution in [0.25, 0.3) is 0 Å². The Hall–Kier alpha value is -2.73. The van der Waals surface area contributed by atoms with Crippen LogP contribution in [0.2, 0.25) is 0 Å². The summed E-state index contributed by atoms with van der Waals surface area (Å²) in [5.74, 6) is -0.713. The largest absolute Gasteiger partial charge is 0.379 e. The average molecular weight is 415 g/mol. The molecule has 162 valence electrons. The number of carbonyl (C=O) groups is 2. The van der Waals surface area contributed by atoms with Gasteiger partial charge in [-0.15, -0.1) is 0 Å². The summed E-state index contributed by atoms with van der Waals surface area (Å²) in [6.07, 6.45) is 1.05. The van der Waals surface area contributed by atoms with E-state index in [4.69, 9.17) is 4.74 Å². The fourth-order valence-electron chi connectivity index (χ4n) is 2.99. The summed E-state index contributed by atoms with van der Waals surface area (Å²) in [5.41, 5.74) is 1.65. The second kappa shape index (κ2) is 12.1. The lowest BCUT2D eigenvalue weighted by Gasteiger charge is -2.29. The van der Waals surface area contributed by atoms with Crippen molar-refractivity contribution >= 4 is 11.8 Å². The maximum absolute atomic E-state index is 13.3. The van der Waals surface area contributed by atoms with E-state index in [1.165, 1.54) is 12.1 Å². The van der Waals surface area contributed by atoms with Crippen molar-refractivity contribution in [3.8, 4) is 0 Å². The van der Waals surface area contributed by atoms with E-state index in [1.54, 1.807) is 24.0 Å². The molecule has 0 radical (unpaired) electrons. The molecule has 0 aliphatic carbocycles. The Kier molecular flexibility index (Phi) is 9.48. The van der Waals surface area contributed by atoms with Crippen molar-refractivity contribution in [1.29, 1.82) is 0 Å². The molecule has 30 heavy (non-hydrogen) atoms. The van der Waals surface area contributed by atoms with Gasteiger partial charge in [0.1, 0.15) is 11.9 Å². The van der Waals surface area contributed by atoms with Crippen molar-refractivity contribution in [3.63, 3.8) is 0 Å². The molecule has 1 N–H and O–H groups in total. The van der Waals surface area contributed by atoms with Crippen LogP contribution < -0.4 is 5.32 Å². The Balaban J connectivity index is 2.04. The molecule has 0 aromatic heterocycles. The zero-order valence-corrected chi connectivity index (χ0v) is 17.9. The van der Waals surface area contributed by atoms with E-state index < -0.39 is 6.04 Å². The van der Waals surface area contributed by atoms with Crippen LogP contribution in [0.3, 0.4) is 0 Å². The smallest absolute Gasteiger partial charge is 0.242 e. The maximum Gasteiger partial charge on any atom is 0.242 e. The van der Waals surface area contributed by atoms with Gasteiger partial charge in [-0.25, -0.2) is 4.39 Å². The lowest BCUT2D eigenvalue weighted by Crippen LogP contribution is -2.48. The van der Waals surface area contributed by atoms with Crippen LogP contribution >= 0.6 is 0 Å². The molecule has 0 bridgehead atoms. The van der Waals surface area contributed by atoms with Gasteiger partial charge in [0.15, 0.2) is 0 Å². The van der Waals surface area contributed by atoms with Crippen LogP contribution in [0.15, 0.2) is 54.6 Å². The SMILES string of the molecule is CC(C)OCCCNC(=O)[C@@H](C)N(Cc1ccc(F)cc1)C(=O)Cc1ccccc1. The minimum atomic E-state index is -0.655. The van der Waals surface area contributed by atoms with Crippen LogP contribution in [0.5, 0.6) is 0 Å². The Labute approximate surface area is 178 Å². The van der Waals surface area contributed by atoms with Crippen molar-refractivity contribution in [1.82, 2.24) is 10.2 Å². The highest BCUT2D eigenvalue weighted by atomic mass is 19.1. The van der Waals surface area contributed by atoms with Gasteiger partial charge in [-0.05, 0) is 50.5 Å². The lowest BCUT2D eigenvalue weighted by atomic mass is 10.1. The van der Waals surface area contributed by atoms with Gasteiger partial charge in [-0.1, -0.05) is 42.5 Å². The summed E-state index contributed by atoms with van der Waals surface area (Å²) in [5, 5.41) is 2.88. The topological polar surface area (TPSA) is 58.6 Å². The van der Waals surface area contributed by atoms with Gasteiger partial charge in [0.2, 0.25) is 11.8 Å². The highest BCUT2D eigenvalue weighted by molar-refractivity contribution is 5.88. The minimum Gasteiger partial charge on any atom is -0.379 e. The van der Waals surface area contributed by atoms with Crippen LogP contribution in [0.1, 0.15) is 38.3 Å². The second-order valence-electron chi connectivity index (χ2n) is 7.55. The molecular weight excluding hydrogens is 383 g/mol. The summed E-state index contributed by atoms with van der Waals surface area (Å²) >= 11 is 0. The Bertz CT molecular complexity index is 794. The number of hydrogen-bond acceptors (Lipinski definition) is 3. The van der Waals surface area contributed by atoms with Gasteiger partial charge in [0.05, 0.1) is 12.5 Å². The Morgan fingerprint density at radius 2 is 1.67 bits per heavy atom. The van der Waals surface area contributed by atoms with Gasteiger partial charge < -0.3 is 15.0 Å². The number of nitrogens with zero attached hydrogens (tertiary/aromatic N) is 1. The summed E-state index contributed by atoms with van der Waals surface area (Å²) in [6.45, 7) is 6.92. The predicted molar refractivity (Wildman–Crippen MR) is 115 cm³/mol. The maximum atomic E-state index is 13.3. The number of rotatable bonds is 11. The third-order valence-corrected chi connectivity index (χ3v) is 4.70. The summed E-state index contributed by atoms with van der Waals surface area (Å²) in [7, 11) is 0. The molecule has 0 aliphatic heterocycles. The van der Waals surface area contributed by atoms with Crippen molar-refractivity contribution in [3.05, 3.63) is 71.5 Å². The molecule has 2 aromatic rings. The average Bonchev–Trinajstić information content (AvgIpc) is 2.73. The molecule has 0 unspecified atom stereocenters.